The lowest BCUT2D eigenvalue weighted by atomic mass is 9.80. The van der Waals surface area contributed by atoms with Gasteiger partial charge in [0, 0.05) is 17.9 Å². The summed E-state index contributed by atoms with van der Waals surface area (Å²) in [6, 6.07) is 11.5. The SMILES string of the molecule is COC(=O)C1CC(NC(=O)c2cnc3c(c2)ncn3-c2ccccc2)C1. The van der Waals surface area contributed by atoms with Crippen LogP contribution >= 0.6 is 0 Å². The number of hydrogen-bond acceptors (Lipinski definition) is 5. The highest BCUT2D eigenvalue weighted by atomic mass is 16.5. The van der Waals surface area contributed by atoms with Crippen molar-refractivity contribution in [3.63, 3.8) is 0 Å². The number of nitrogens with one attached hydrogen (secondary N) is 1. The molecule has 1 aliphatic rings. The summed E-state index contributed by atoms with van der Waals surface area (Å²) in [5.74, 6) is -0.542. The maximum Gasteiger partial charge on any atom is 0.308 e. The van der Waals surface area contributed by atoms with Crippen LogP contribution in [0.4, 0.5) is 0 Å². The molecule has 1 amide bonds. The summed E-state index contributed by atoms with van der Waals surface area (Å²) in [7, 11) is 1.38. The van der Waals surface area contributed by atoms with Gasteiger partial charge in [0.15, 0.2) is 5.65 Å². The molecule has 26 heavy (non-hydrogen) atoms. The minimum absolute atomic E-state index is 0.0100. The van der Waals surface area contributed by atoms with Gasteiger partial charge in [-0.15, -0.1) is 0 Å². The van der Waals surface area contributed by atoms with Gasteiger partial charge in [0.1, 0.15) is 11.8 Å². The van der Waals surface area contributed by atoms with Gasteiger partial charge in [0.25, 0.3) is 5.91 Å². The van der Waals surface area contributed by atoms with Crippen LogP contribution in [0.5, 0.6) is 0 Å². The molecule has 4 rings (SSSR count). The first-order valence-electron chi connectivity index (χ1n) is 8.43. The molecule has 1 aliphatic carbocycles. The molecule has 1 saturated carbocycles. The molecule has 1 N–H and O–H groups in total. The Balaban J connectivity index is 1.48. The van der Waals surface area contributed by atoms with Gasteiger partial charge in [-0.1, -0.05) is 18.2 Å². The number of benzene rings is 1. The number of rotatable bonds is 4. The van der Waals surface area contributed by atoms with Crippen LogP contribution in [0.15, 0.2) is 48.9 Å². The normalized spacial score (nSPS) is 19.0. The van der Waals surface area contributed by atoms with E-state index in [1.165, 1.54) is 7.11 Å². The zero-order valence-electron chi connectivity index (χ0n) is 14.3. The van der Waals surface area contributed by atoms with Crippen LogP contribution in [-0.4, -0.2) is 39.6 Å². The Morgan fingerprint density at radius 3 is 2.69 bits per heavy atom. The molecule has 1 fully saturated rings. The molecule has 0 saturated heterocycles. The highest BCUT2D eigenvalue weighted by Gasteiger charge is 2.36. The highest BCUT2D eigenvalue weighted by molar-refractivity contribution is 5.96. The van der Waals surface area contributed by atoms with Crippen molar-refractivity contribution >= 4 is 23.0 Å². The molecule has 132 valence electrons. The number of pyridine rings is 1. The van der Waals surface area contributed by atoms with E-state index in [9.17, 15) is 9.59 Å². The van der Waals surface area contributed by atoms with E-state index >= 15 is 0 Å². The number of imidazole rings is 1. The summed E-state index contributed by atoms with van der Waals surface area (Å²) in [5, 5.41) is 2.92. The van der Waals surface area contributed by atoms with Crippen LogP contribution < -0.4 is 5.32 Å². The van der Waals surface area contributed by atoms with E-state index in [0.717, 1.165) is 5.69 Å². The maximum atomic E-state index is 12.4. The van der Waals surface area contributed by atoms with E-state index in [-0.39, 0.29) is 23.8 Å². The molecule has 0 bridgehead atoms. The Kier molecular flexibility index (Phi) is 4.12. The average molecular weight is 350 g/mol. The Morgan fingerprint density at radius 1 is 1.19 bits per heavy atom. The molecule has 7 nitrogen and oxygen atoms in total. The van der Waals surface area contributed by atoms with Crippen LogP contribution in [0.25, 0.3) is 16.9 Å². The summed E-state index contributed by atoms with van der Waals surface area (Å²) >= 11 is 0. The summed E-state index contributed by atoms with van der Waals surface area (Å²) in [6.45, 7) is 0. The number of para-hydroxylation sites is 1. The largest absolute Gasteiger partial charge is 0.469 e. The summed E-state index contributed by atoms with van der Waals surface area (Å²) in [6.07, 6.45) is 4.46. The third-order valence-electron chi connectivity index (χ3n) is 4.69. The second-order valence-electron chi connectivity index (χ2n) is 6.38. The third-order valence-corrected chi connectivity index (χ3v) is 4.69. The molecule has 0 spiro atoms. The monoisotopic (exact) mass is 350 g/mol. The Bertz CT molecular complexity index is 961. The Labute approximate surface area is 150 Å². The first-order chi connectivity index (χ1) is 12.7. The topological polar surface area (TPSA) is 86.1 Å². The zero-order valence-corrected chi connectivity index (χ0v) is 14.3. The molecule has 0 aliphatic heterocycles. The Morgan fingerprint density at radius 2 is 1.96 bits per heavy atom. The number of amides is 1. The fourth-order valence-corrected chi connectivity index (χ4v) is 3.17. The van der Waals surface area contributed by atoms with Crippen molar-refractivity contribution in [2.75, 3.05) is 7.11 Å². The number of esters is 1. The number of methoxy groups -OCH3 is 1. The second-order valence-corrected chi connectivity index (χ2v) is 6.38. The van der Waals surface area contributed by atoms with Gasteiger partial charge in [-0.3, -0.25) is 14.2 Å². The second kappa shape index (κ2) is 6.59. The average Bonchev–Trinajstić information content (AvgIpc) is 3.07. The van der Waals surface area contributed by atoms with Crippen LogP contribution in [0.2, 0.25) is 0 Å². The lowest BCUT2D eigenvalue weighted by Crippen LogP contribution is -2.47. The van der Waals surface area contributed by atoms with Crippen LogP contribution in [-0.2, 0) is 9.53 Å². The minimum Gasteiger partial charge on any atom is -0.469 e. The van der Waals surface area contributed by atoms with Crippen molar-refractivity contribution in [3.05, 3.63) is 54.5 Å². The zero-order chi connectivity index (χ0) is 18.1. The van der Waals surface area contributed by atoms with Crippen LogP contribution in [0.3, 0.4) is 0 Å². The van der Waals surface area contributed by atoms with E-state index < -0.39 is 0 Å². The van der Waals surface area contributed by atoms with E-state index in [4.69, 9.17) is 4.74 Å². The van der Waals surface area contributed by atoms with Crippen molar-refractivity contribution in [1.29, 1.82) is 0 Å². The lowest BCUT2D eigenvalue weighted by Gasteiger charge is -2.33. The van der Waals surface area contributed by atoms with Crippen LogP contribution in [0, 0.1) is 5.92 Å². The molecule has 0 atom stereocenters. The van der Waals surface area contributed by atoms with Crippen molar-refractivity contribution in [2.24, 2.45) is 5.92 Å². The number of ether oxygens (including phenoxy) is 1. The molecular weight excluding hydrogens is 332 g/mol. The van der Waals surface area contributed by atoms with Crippen molar-refractivity contribution in [2.45, 2.75) is 18.9 Å². The predicted molar refractivity (Wildman–Crippen MR) is 94.9 cm³/mol. The standard InChI is InChI=1S/C19H18N4O3/c1-26-19(25)12-7-14(8-12)22-18(24)13-9-16-17(20-10-13)23(11-21-16)15-5-3-2-4-6-15/h2-6,9-12,14H,7-8H2,1H3,(H,22,24). The smallest absolute Gasteiger partial charge is 0.308 e. The third kappa shape index (κ3) is 2.92. The number of fused-ring (bicyclic) bond motifs is 1. The van der Waals surface area contributed by atoms with E-state index in [1.54, 1.807) is 18.6 Å². The fourth-order valence-electron chi connectivity index (χ4n) is 3.17. The molecule has 3 aromatic rings. The summed E-state index contributed by atoms with van der Waals surface area (Å²) in [4.78, 5) is 32.6. The molecule has 0 radical (unpaired) electrons. The van der Waals surface area contributed by atoms with Crippen molar-refractivity contribution in [3.8, 4) is 5.69 Å². The molecule has 7 heteroatoms. The molecular formula is C19H18N4O3. The van der Waals surface area contributed by atoms with Crippen molar-refractivity contribution < 1.29 is 14.3 Å². The summed E-state index contributed by atoms with van der Waals surface area (Å²) < 4.78 is 6.59. The fraction of sp³-hybridized carbons (Fsp3) is 0.263. The molecule has 0 unspecified atom stereocenters. The number of hydrogen-bond donors (Lipinski definition) is 1. The number of carbonyl (C=O) groups excluding carboxylic acids is 2. The summed E-state index contributed by atoms with van der Waals surface area (Å²) in [5.41, 5.74) is 2.77. The molecule has 2 heterocycles. The van der Waals surface area contributed by atoms with Crippen LogP contribution in [0.1, 0.15) is 23.2 Å². The first-order valence-corrected chi connectivity index (χ1v) is 8.43. The number of aromatic nitrogens is 3. The molecule has 1 aromatic carbocycles. The van der Waals surface area contributed by atoms with Gasteiger partial charge >= 0.3 is 5.97 Å². The minimum atomic E-state index is -0.218. The van der Waals surface area contributed by atoms with E-state index in [2.05, 4.69) is 15.3 Å². The predicted octanol–water partition coefficient (Wildman–Crippen LogP) is 2.10. The van der Waals surface area contributed by atoms with E-state index in [1.807, 2.05) is 34.9 Å². The lowest BCUT2D eigenvalue weighted by molar-refractivity contribution is -0.149. The van der Waals surface area contributed by atoms with Gasteiger partial charge in [-0.2, -0.15) is 0 Å². The highest BCUT2D eigenvalue weighted by Crippen LogP contribution is 2.28. The first kappa shape index (κ1) is 16.3. The number of nitrogens with zero attached hydrogens (tertiary/aromatic N) is 3. The van der Waals surface area contributed by atoms with Crippen molar-refractivity contribution in [1.82, 2.24) is 19.9 Å². The Hall–Kier alpha value is -3.22. The van der Waals surface area contributed by atoms with Gasteiger partial charge < -0.3 is 10.1 Å². The van der Waals surface area contributed by atoms with Gasteiger partial charge in [0.05, 0.1) is 18.6 Å². The molecule has 2 aromatic heterocycles. The number of carbonyl (C=O) groups is 2. The van der Waals surface area contributed by atoms with Gasteiger partial charge in [-0.05, 0) is 31.0 Å². The quantitative estimate of drug-likeness (QED) is 0.728. The van der Waals surface area contributed by atoms with E-state index in [0.29, 0.717) is 29.6 Å². The van der Waals surface area contributed by atoms with Gasteiger partial charge in [-0.25, -0.2) is 9.97 Å². The maximum absolute atomic E-state index is 12.4. The van der Waals surface area contributed by atoms with Gasteiger partial charge in [0.2, 0.25) is 0 Å².